The molecular weight excluding hydrogens is 550 g/mol. The van der Waals surface area contributed by atoms with Crippen molar-refractivity contribution in [1.29, 1.82) is 0 Å². The summed E-state index contributed by atoms with van der Waals surface area (Å²) >= 11 is 0. The van der Waals surface area contributed by atoms with E-state index in [0.29, 0.717) is 37.0 Å². The zero-order chi connectivity index (χ0) is 30.7. The smallest absolute Gasteiger partial charge is 0.311 e. The van der Waals surface area contributed by atoms with Gasteiger partial charge in [0.05, 0.1) is 16.9 Å². The van der Waals surface area contributed by atoms with Gasteiger partial charge in [-0.15, -0.1) is 0 Å². The van der Waals surface area contributed by atoms with Crippen molar-refractivity contribution >= 4 is 11.8 Å². The van der Waals surface area contributed by atoms with E-state index >= 15 is 0 Å². The molecule has 0 aromatic heterocycles. The number of carbonyl (C=O) groups is 2. The van der Waals surface area contributed by atoms with E-state index in [0.717, 1.165) is 68.7 Å². The highest BCUT2D eigenvalue weighted by atomic mass is 16.5. The molecule has 1 spiro atoms. The van der Waals surface area contributed by atoms with E-state index in [1.165, 1.54) is 57.8 Å². The van der Waals surface area contributed by atoms with Crippen LogP contribution in [0.1, 0.15) is 145 Å². The summed E-state index contributed by atoms with van der Waals surface area (Å²) in [5, 5.41) is 22.9. The van der Waals surface area contributed by atoms with Gasteiger partial charge in [-0.2, -0.15) is 0 Å². The number of allylic oxidation sites excluding steroid dienone is 2. The van der Waals surface area contributed by atoms with Crippen LogP contribution >= 0.6 is 0 Å². The molecule has 1 aromatic carbocycles. The van der Waals surface area contributed by atoms with Crippen molar-refractivity contribution in [2.75, 3.05) is 13.1 Å². The maximum Gasteiger partial charge on any atom is 0.311 e. The van der Waals surface area contributed by atoms with Crippen molar-refractivity contribution in [2.45, 2.75) is 158 Å². The summed E-state index contributed by atoms with van der Waals surface area (Å²) in [7, 11) is 0. The Kier molecular flexibility index (Phi) is 9.87. The number of ether oxygens (including phenoxy) is 1. The summed E-state index contributed by atoms with van der Waals surface area (Å²) in [4.78, 5) is 28.5. The molecule has 1 aromatic rings. The summed E-state index contributed by atoms with van der Waals surface area (Å²) in [5.41, 5.74) is 1.04. The Bertz CT molecular complexity index is 1220. The molecule has 2 saturated carbocycles. The second kappa shape index (κ2) is 13.7. The van der Waals surface area contributed by atoms with Gasteiger partial charge < -0.3 is 14.9 Å². The van der Waals surface area contributed by atoms with Gasteiger partial charge in [0.1, 0.15) is 5.75 Å². The molecular formula is C38H55NO5. The Hall–Kier alpha value is -2.18. The standard InChI is InChI=1S/C38H55NO5/c1-2-3-4-5-6-7-8-9-10-11-12-13-14-15-16-30(36(41)42)29-20-19-28-25-32-38(43)22-21-31(40)35-37(38,33(28)34(29)44-35)23-24-39(32)26-27-17-18-27/h9-10,19-20,27,30,32,35,43H,2-8,11-18,21-26H2,1H3,(H,41,42)/t30?,32?,35-,37-,38+/m0/s1. The molecule has 5 aliphatic rings. The maximum atomic E-state index is 13.4. The molecule has 2 heterocycles. The van der Waals surface area contributed by atoms with Crippen LogP contribution in [-0.2, 0) is 21.4 Å². The number of nitrogens with zero attached hydrogens (tertiary/aromatic N) is 1. The highest BCUT2D eigenvalue weighted by Gasteiger charge is 2.73. The first-order chi connectivity index (χ1) is 21.4. The van der Waals surface area contributed by atoms with Crippen molar-refractivity contribution < 1.29 is 24.5 Å². The lowest BCUT2D eigenvalue weighted by Gasteiger charge is -2.62. The molecule has 1 saturated heterocycles. The predicted octanol–water partition coefficient (Wildman–Crippen LogP) is 7.64. The van der Waals surface area contributed by atoms with Crippen molar-refractivity contribution in [1.82, 2.24) is 4.90 Å². The lowest BCUT2D eigenvalue weighted by molar-refractivity contribution is -0.188. The zero-order valence-corrected chi connectivity index (χ0v) is 27.0. The van der Waals surface area contributed by atoms with Gasteiger partial charge in [-0.3, -0.25) is 14.5 Å². The summed E-state index contributed by atoms with van der Waals surface area (Å²) in [6.07, 6.45) is 23.7. The lowest BCUT2D eigenvalue weighted by Crippen LogP contribution is -2.76. The first-order valence-electron chi connectivity index (χ1n) is 18.1. The van der Waals surface area contributed by atoms with E-state index in [4.69, 9.17) is 4.74 Å². The number of carboxylic acid groups (broad SMARTS) is 1. The molecule has 5 atom stereocenters. The molecule has 242 valence electrons. The number of ketones is 1. The zero-order valence-electron chi connectivity index (χ0n) is 27.0. The molecule has 6 nitrogen and oxygen atoms in total. The van der Waals surface area contributed by atoms with Gasteiger partial charge in [0.15, 0.2) is 11.9 Å². The van der Waals surface area contributed by atoms with Crippen LogP contribution in [0.15, 0.2) is 24.3 Å². The topological polar surface area (TPSA) is 87.1 Å². The highest BCUT2D eigenvalue weighted by Crippen LogP contribution is 2.64. The van der Waals surface area contributed by atoms with Crippen LogP contribution in [-0.4, -0.2) is 57.7 Å². The van der Waals surface area contributed by atoms with Crippen LogP contribution in [0.2, 0.25) is 0 Å². The van der Waals surface area contributed by atoms with Crippen LogP contribution in [0.3, 0.4) is 0 Å². The predicted molar refractivity (Wildman–Crippen MR) is 173 cm³/mol. The van der Waals surface area contributed by atoms with E-state index in [2.05, 4.69) is 30.0 Å². The summed E-state index contributed by atoms with van der Waals surface area (Å²) < 4.78 is 6.57. The molecule has 44 heavy (non-hydrogen) atoms. The van der Waals surface area contributed by atoms with E-state index in [1.54, 1.807) is 0 Å². The van der Waals surface area contributed by atoms with Crippen LogP contribution in [0.5, 0.6) is 5.75 Å². The van der Waals surface area contributed by atoms with Gasteiger partial charge >= 0.3 is 5.97 Å². The molecule has 2 unspecified atom stereocenters. The van der Waals surface area contributed by atoms with Gasteiger partial charge in [0, 0.05) is 30.1 Å². The molecule has 6 rings (SSSR count). The average molecular weight is 606 g/mol. The van der Waals surface area contributed by atoms with Gasteiger partial charge in [-0.1, -0.05) is 82.6 Å². The van der Waals surface area contributed by atoms with Crippen LogP contribution in [0, 0.1) is 5.92 Å². The molecule has 2 aliphatic heterocycles. The number of rotatable bonds is 18. The van der Waals surface area contributed by atoms with Crippen LogP contribution < -0.4 is 4.74 Å². The van der Waals surface area contributed by atoms with Crippen LogP contribution in [0.25, 0.3) is 0 Å². The maximum absolute atomic E-state index is 13.4. The highest BCUT2D eigenvalue weighted by molar-refractivity contribution is 5.90. The number of piperidine rings is 1. The number of unbranched alkanes of at least 4 members (excludes halogenated alkanes) is 10. The minimum absolute atomic E-state index is 0.0129. The summed E-state index contributed by atoms with van der Waals surface area (Å²) in [5.74, 6) is -0.0927. The van der Waals surface area contributed by atoms with Crippen molar-refractivity contribution in [2.24, 2.45) is 5.92 Å². The van der Waals surface area contributed by atoms with Gasteiger partial charge in [0.25, 0.3) is 0 Å². The van der Waals surface area contributed by atoms with E-state index in [9.17, 15) is 19.8 Å². The van der Waals surface area contributed by atoms with Crippen molar-refractivity contribution in [3.63, 3.8) is 0 Å². The third-order valence-electron chi connectivity index (χ3n) is 11.8. The van der Waals surface area contributed by atoms with Crippen LogP contribution in [0.4, 0.5) is 0 Å². The molecule has 0 amide bonds. The SMILES string of the molecule is CCCCCCCCC=CCCCCCCC(C(=O)O)c1ccc2c3c1O[C@H]1C(=O)CC[C@@]4(O)C(C2)N(CC2CC2)CC[C@]314. The lowest BCUT2D eigenvalue weighted by atomic mass is 9.49. The monoisotopic (exact) mass is 605 g/mol. The second-order valence-corrected chi connectivity index (χ2v) is 14.7. The fraction of sp³-hybridized carbons (Fsp3) is 0.737. The second-order valence-electron chi connectivity index (χ2n) is 14.7. The molecule has 0 radical (unpaired) electrons. The quantitative estimate of drug-likeness (QED) is 0.132. The van der Waals surface area contributed by atoms with Crippen molar-refractivity contribution in [3.05, 3.63) is 41.0 Å². The molecule has 2 N–H and O–H groups in total. The molecule has 3 aliphatic carbocycles. The van der Waals surface area contributed by atoms with E-state index in [1.807, 2.05) is 6.07 Å². The fourth-order valence-corrected chi connectivity index (χ4v) is 9.23. The number of carbonyl (C=O) groups excluding carboxylic acids is 1. The first kappa shape index (κ1) is 31.8. The normalized spacial score (nSPS) is 29.5. The molecule has 3 fully saturated rings. The number of carboxylic acids is 1. The minimum atomic E-state index is -1.02. The number of benzene rings is 1. The Balaban J connectivity index is 1.08. The number of likely N-dealkylation sites (tertiary alicyclic amines) is 1. The minimum Gasteiger partial charge on any atom is -0.481 e. The number of hydrogen-bond acceptors (Lipinski definition) is 5. The molecule has 2 bridgehead atoms. The summed E-state index contributed by atoms with van der Waals surface area (Å²) in [6.45, 7) is 4.14. The molecule has 6 heteroatoms. The van der Waals surface area contributed by atoms with Gasteiger partial charge in [-0.05, 0) is 82.2 Å². The average Bonchev–Trinajstić information content (AvgIpc) is 3.75. The third kappa shape index (κ3) is 5.90. The van der Waals surface area contributed by atoms with Crippen molar-refractivity contribution in [3.8, 4) is 5.75 Å². The fourth-order valence-electron chi connectivity index (χ4n) is 9.23. The Morgan fingerprint density at radius 3 is 2.43 bits per heavy atom. The summed E-state index contributed by atoms with van der Waals surface area (Å²) in [6, 6.07) is 4.05. The Morgan fingerprint density at radius 1 is 1.02 bits per heavy atom. The van der Waals surface area contributed by atoms with Gasteiger partial charge in [-0.25, -0.2) is 0 Å². The van der Waals surface area contributed by atoms with Gasteiger partial charge in [0.2, 0.25) is 0 Å². The number of hydrogen-bond donors (Lipinski definition) is 2. The third-order valence-corrected chi connectivity index (χ3v) is 11.8. The number of Topliss-reactive ketones (excluding diaryl/α,β-unsaturated/α-hetero) is 1. The van der Waals surface area contributed by atoms with E-state index < -0.39 is 29.0 Å². The number of aliphatic carboxylic acids is 1. The number of aliphatic hydroxyl groups is 1. The van der Waals surface area contributed by atoms with E-state index in [-0.39, 0.29) is 11.8 Å². The largest absolute Gasteiger partial charge is 0.481 e. The Morgan fingerprint density at radius 2 is 1.73 bits per heavy atom. The Labute approximate surface area is 264 Å². The first-order valence-corrected chi connectivity index (χ1v) is 18.1.